The average Bonchev–Trinajstić information content (AvgIpc) is 2.60. The third-order valence-electron chi connectivity index (χ3n) is 4.20. The maximum absolute atomic E-state index is 12.5. The van der Waals surface area contributed by atoms with Crippen LogP contribution in [0, 0.1) is 0 Å². The van der Waals surface area contributed by atoms with Crippen LogP contribution < -0.4 is 14.9 Å². The first-order valence-electron chi connectivity index (χ1n) is 8.04. The zero-order chi connectivity index (χ0) is 18.0. The SMILES string of the molecule is CN(C)c1ccc(CNS(=O)(=O)c2ccc3c(c2)CCC(=O)N3)cc1. The van der Waals surface area contributed by atoms with Crippen LogP contribution in [0.1, 0.15) is 17.5 Å². The molecule has 0 saturated carbocycles. The van der Waals surface area contributed by atoms with Crippen molar-refractivity contribution in [3.8, 4) is 0 Å². The van der Waals surface area contributed by atoms with Crippen molar-refractivity contribution in [2.75, 3.05) is 24.3 Å². The summed E-state index contributed by atoms with van der Waals surface area (Å²) in [4.78, 5) is 13.6. The van der Waals surface area contributed by atoms with Crippen LogP contribution in [-0.4, -0.2) is 28.4 Å². The minimum Gasteiger partial charge on any atom is -0.378 e. The summed E-state index contributed by atoms with van der Waals surface area (Å²) in [5.74, 6) is -0.0394. The summed E-state index contributed by atoms with van der Waals surface area (Å²) in [6.07, 6.45) is 0.929. The smallest absolute Gasteiger partial charge is 0.240 e. The molecular weight excluding hydrogens is 338 g/mol. The normalized spacial score (nSPS) is 13.9. The molecule has 1 aliphatic rings. The molecule has 1 heterocycles. The average molecular weight is 359 g/mol. The van der Waals surface area contributed by atoms with Gasteiger partial charge in [0.25, 0.3) is 0 Å². The largest absolute Gasteiger partial charge is 0.378 e. The Morgan fingerprint density at radius 1 is 1.08 bits per heavy atom. The van der Waals surface area contributed by atoms with E-state index < -0.39 is 10.0 Å². The van der Waals surface area contributed by atoms with Gasteiger partial charge in [0.2, 0.25) is 15.9 Å². The lowest BCUT2D eigenvalue weighted by Gasteiger charge is -2.17. The molecule has 0 fully saturated rings. The van der Waals surface area contributed by atoms with Gasteiger partial charge in [0.15, 0.2) is 0 Å². The number of rotatable bonds is 5. The molecule has 0 atom stereocenters. The van der Waals surface area contributed by atoms with Gasteiger partial charge >= 0.3 is 0 Å². The third kappa shape index (κ3) is 4.00. The molecule has 1 aliphatic heterocycles. The van der Waals surface area contributed by atoms with Crippen molar-refractivity contribution in [2.45, 2.75) is 24.3 Å². The van der Waals surface area contributed by atoms with E-state index in [9.17, 15) is 13.2 Å². The predicted octanol–water partition coefficient (Wildman–Crippen LogP) is 2.12. The van der Waals surface area contributed by atoms with Crippen molar-refractivity contribution in [3.63, 3.8) is 0 Å². The monoisotopic (exact) mass is 359 g/mol. The Balaban J connectivity index is 1.72. The zero-order valence-corrected chi connectivity index (χ0v) is 15.1. The van der Waals surface area contributed by atoms with Gasteiger partial charge in [-0.2, -0.15) is 0 Å². The summed E-state index contributed by atoms with van der Waals surface area (Å²) in [5.41, 5.74) is 3.48. The summed E-state index contributed by atoms with van der Waals surface area (Å²) in [5, 5.41) is 2.75. The Morgan fingerprint density at radius 2 is 1.80 bits per heavy atom. The van der Waals surface area contributed by atoms with Crippen LogP contribution in [0.15, 0.2) is 47.4 Å². The van der Waals surface area contributed by atoms with Crippen molar-refractivity contribution in [3.05, 3.63) is 53.6 Å². The number of hydrogen-bond acceptors (Lipinski definition) is 4. The van der Waals surface area contributed by atoms with E-state index >= 15 is 0 Å². The summed E-state index contributed by atoms with van der Waals surface area (Å²) in [7, 11) is 0.304. The Bertz CT molecular complexity index is 890. The third-order valence-corrected chi connectivity index (χ3v) is 5.60. The van der Waals surface area contributed by atoms with Gasteiger partial charge in [-0.1, -0.05) is 12.1 Å². The molecule has 25 heavy (non-hydrogen) atoms. The van der Waals surface area contributed by atoms with Crippen LogP contribution in [0.2, 0.25) is 0 Å². The molecule has 0 aromatic heterocycles. The molecule has 2 aromatic carbocycles. The molecule has 0 bridgehead atoms. The first-order chi connectivity index (χ1) is 11.8. The lowest BCUT2D eigenvalue weighted by molar-refractivity contribution is -0.116. The molecule has 0 spiro atoms. The van der Waals surface area contributed by atoms with Gasteiger partial charge in [-0.05, 0) is 47.9 Å². The first-order valence-corrected chi connectivity index (χ1v) is 9.52. The van der Waals surface area contributed by atoms with E-state index in [2.05, 4.69) is 10.0 Å². The fourth-order valence-corrected chi connectivity index (χ4v) is 3.77. The fourth-order valence-electron chi connectivity index (χ4n) is 2.70. The number of anilines is 2. The molecule has 2 N–H and O–H groups in total. The van der Waals surface area contributed by atoms with Crippen molar-refractivity contribution in [1.82, 2.24) is 4.72 Å². The van der Waals surface area contributed by atoms with Gasteiger partial charge in [0.1, 0.15) is 0 Å². The molecule has 6 nitrogen and oxygen atoms in total. The molecule has 0 saturated heterocycles. The Kier molecular flexibility index (Phi) is 4.78. The van der Waals surface area contributed by atoms with Gasteiger partial charge in [0, 0.05) is 38.4 Å². The fraction of sp³-hybridized carbons (Fsp3) is 0.278. The second-order valence-corrected chi connectivity index (χ2v) is 8.02. The molecule has 132 valence electrons. The van der Waals surface area contributed by atoms with Crippen molar-refractivity contribution < 1.29 is 13.2 Å². The van der Waals surface area contributed by atoms with Crippen LogP contribution in [0.3, 0.4) is 0 Å². The highest BCUT2D eigenvalue weighted by Gasteiger charge is 2.19. The Labute approximate surface area is 147 Å². The number of amides is 1. The Hall–Kier alpha value is -2.38. The Morgan fingerprint density at radius 3 is 2.48 bits per heavy atom. The van der Waals surface area contributed by atoms with E-state index in [1.165, 1.54) is 6.07 Å². The molecule has 7 heteroatoms. The summed E-state index contributed by atoms with van der Waals surface area (Å²) in [6.45, 7) is 0.226. The van der Waals surface area contributed by atoms with Crippen molar-refractivity contribution >= 4 is 27.3 Å². The highest BCUT2D eigenvalue weighted by atomic mass is 32.2. The number of sulfonamides is 1. The molecule has 0 radical (unpaired) electrons. The first kappa shape index (κ1) is 17.4. The van der Waals surface area contributed by atoms with Crippen molar-refractivity contribution in [2.24, 2.45) is 0 Å². The minimum atomic E-state index is -3.61. The minimum absolute atomic E-state index is 0.0394. The number of nitrogens with one attached hydrogen (secondary N) is 2. The van der Waals surface area contributed by atoms with Gasteiger partial charge in [-0.25, -0.2) is 13.1 Å². The number of aryl methyl sites for hydroxylation is 1. The number of nitrogens with zero attached hydrogens (tertiary/aromatic N) is 1. The van der Waals surface area contributed by atoms with Gasteiger partial charge in [-0.15, -0.1) is 0 Å². The number of hydrogen-bond donors (Lipinski definition) is 2. The van der Waals surface area contributed by atoms with E-state index in [0.29, 0.717) is 18.5 Å². The molecular formula is C18H21N3O3S. The lowest BCUT2D eigenvalue weighted by Crippen LogP contribution is -2.24. The maximum atomic E-state index is 12.5. The number of carbonyl (C=O) groups is 1. The van der Waals surface area contributed by atoms with Gasteiger partial charge in [-0.3, -0.25) is 4.79 Å². The number of benzene rings is 2. The van der Waals surface area contributed by atoms with Crippen LogP contribution in [0.4, 0.5) is 11.4 Å². The summed E-state index contributed by atoms with van der Waals surface area (Å²) >= 11 is 0. The molecule has 3 rings (SSSR count). The second kappa shape index (κ2) is 6.85. The van der Waals surface area contributed by atoms with E-state index in [-0.39, 0.29) is 17.3 Å². The lowest BCUT2D eigenvalue weighted by atomic mass is 10.0. The summed E-state index contributed by atoms with van der Waals surface area (Å²) < 4.78 is 27.7. The van der Waals surface area contributed by atoms with E-state index in [0.717, 1.165) is 16.8 Å². The van der Waals surface area contributed by atoms with Gasteiger partial charge in [0.05, 0.1) is 4.90 Å². The molecule has 1 amide bonds. The number of carbonyl (C=O) groups excluding carboxylic acids is 1. The highest BCUT2D eigenvalue weighted by Crippen LogP contribution is 2.25. The highest BCUT2D eigenvalue weighted by molar-refractivity contribution is 7.89. The van der Waals surface area contributed by atoms with E-state index in [1.807, 2.05) is 43.3 Å². The van der Waals surface area contributed by atoms with Crippen LogP contribution >= 0.6 is 0 Å². The van der Waals surface area contributed by atoms with E-state index in [4.69, 9.17) is 0 Å². The second-order valence-electron chi connectivity index (χ2n) is 6.25. The maximum Gasteiger partial charge on any atom is 0.240 e. The van der Waals surface area contributed by atoms with Crippen LogP contribution in [0.25, 0.3) is 0 Å². The van der Waals surface area contributed by atoms with Gasteiger partial charge < -0.3 is 10.2 Å². The predicted molar refractivity (Wildman–Crippen MR) is 98.2 cm³/mol. The summed E-state index contributed by atoms with van der Waals surface area (Å²) in [6, 6.07) is 12.5. The quantitative estimate of drug-likeness (QED) is 0.857. The van der Waals surface area contributed by atoms with Crippen molar-refractivity contribution in [1.29, 1.82) is 0 Å². The molecule has 0 unspecified atom stereocenters. The molecule has 2 aromatic rings. The topological polar surface area (TPSA) is 78.5 Å². The number of fused-ring (bicyclic) bond motifs is 1. The zero-order valence-electron chi connectivity index (χ0n) is 14.2. The van der Waals surface area contributed by atoms with Crippen LogP contribution in [-0.2, 0) is 27.8 Å². The molecule has 0 aliphatic carbocycles. The standard InChI is InChI=1S/C18H21N3O3S/c1-21(2)15-6-3-13(4-7-15)12-19-25(23,24)16-8-9-17-14(11-16)5-10-18(22)20-17/h3-4,6-9,11,19H,5,10,12H2,1-2H3,(H,20,22). The van der Waals surface area contributed by atoms with E-state index in [1.54, 1.807) is 12.1 Å². The van der Waals surface area contributed by atoms with Crippen LogP contribution in [0.5, 0.6) is 0 Å².